The summed E-state index contributed by atoms with van der Waals surface area (Å²) in [6, 6.07) is 14.5. The molecule has 2 aromatic rings. The zero-order valence-electron chi connectivity index (χ0n) is 14.3. The third kappa shape index (κ3) is 4.17. The fourth-order valence-electron chi connectivity index (χ4n) is 3.11. The van der Waals surface area contributed by atoms with Crippen molar-refractivity contribution in [1.29, 1.82) is 0 Å². The van der Waals surface area contributed by atoms with Crippen molar-refractivity contribution in [3.05, 3.63) is 65.5 Å². The Bertz CT molecular complexity index is 735. The number of hydrogen-bond acceptors (Lipinski definition) is 3. The molecule has 0 radical (unpaired) electrons. The van der Waals surface area contributed by atoms with Gasteiger partial charge in [0.1, 0.15) is 0 Å². The molecule has 0 saturated heterocycles. The van der Waals surface area contributed by atoms with Gasteiger partial charge in [0.15, 0.2) is 17.7 Å². The predicted octanol–water partition coefficient (Wildman–Crippen LogP) is 2.99. The van der Waals surface area contributed by atoms with E-state index < -0.39 is 11.9 Å². The number of hydrogen-bond donors (Lipinski definition) is 2. The predicted molar refractivity (Wildman–Crippen MR) is 95.0 cm³/mol. The first-order valence-corrected chi connectivity index (χ1v) is 8.69. The van der Waals surface area contributed by atoms with E-state index in [9.17, 15) is 9.18 Å². The van der Waals surface area contributed by atoms with Gasteiger partial charge in [-0.3, -0.25) is 4.79 Å². The Labute approximate surface area is 147 Å². The minimum absolute atomic E-state index is 0.0832. The maximum Gasteiger partial charge on any atom is 0.261 e. The fourth-order valence-corrected chi connectivity index (χ4v) is 3.11. The van der Waals surface area contributed by atoms with Crippen LogP contribution in [0.5, 0.6) is 5.75 Å². The number of rotatable bonds is 6. The summed E-state index contributed by atoms with van der Waals surface area (Å²) in [5.74, 6) is -0.585. The molecule has 1 amide bonds. The van der Waals surface area contributed by atoms with Crippen LogP contribution in [-0.4, -0.2) is 25.1 Å². The highest BCUT2D eigenvalue weighted by Crippen LogP contribution is 2.22. The average Bonchev–Trinajstić information content (AvgIpc) is 2.65. The summed E-state index contributed by atoms with van der Waals surface area (Å²) in [5, 5.41) is 6.37. The summed E-state index contributed by atoms with van der Waals surface area (Å²) in [6.07, 6.45) is 0.749. The topological polar surface area (TPSA) is 50.4 Å². The van der Waals surface area contributed by atoms with E-state index in [0.717, 1.165) is 13.0 Å². The van der Waals surface area contributed by atoms with Gasteiger partial charge < -0.3 is 15.4 Å². The minimum atomic E-state index is -0.712. The molecule has 0 aliphatic carbocycles. The lowest BCUT2D eigenvalue weighted by Crippen LogP contribution is -2.43. The molecule has 0 spiro atoms. The number of nitrogens with one attached hydrogen (secondary N) is 2. The van der Waals surface area contributed by atoms with Crippen molar-refractivity contribution in [2.75, 3.05) is 13.1 Å². The lowest BCUT2D eigenvalue weighted by Gasteiger charge is -2.27. The number of halogens is 1. The maximum absolute atomic E-state index is 13.7. The van der Waals surface area contributed by atoms with E-state index >= 15 is 0 Å². The van der Waals surface area contributed by atoms with Gasteiger partial charge in [0.05, 0.1) is 0 Å². The van der Waals surface area contributed by atoms with E-state index in [-0.39, 0.29) is 17.7 Å². The van der Waals surface area contributed by atoms with Crippen molar-refractivity contribution in [3.63, 3.8) is 0 Å². The Balaban J connectivity index is 1.61. The molecule has 2 aromatic carbocycles. The molecule has 0 aromatic heterocycles. The fraction of sp³-hybridized carbons (Fsp3) is 0.350. The standard InChI is InChI=1S/C20H23FN2O2/c1-2-18(25-19-10-6-5-9-16(19)21)20(24)23-13-17-15-8-4-3-7-14(15)11-12-22-17/h3-10,17-18,22H,2,11-13H2,1H3,(H,23,24). The van der Waals surface area contributed by atoms with Crippen LogP contribution in [-0.2, 0) is 11.2 Å². The van der Waals surface area contributed by atoms with Gasteiger partial charge in [0.25, 0.3) is 5.91 Å². The van der Waals surface area contributed by atoms with Gasteiger partial charge >= 0.3 is 0 Å². The number of para-hydroxylation sites is 1. The zero-order chi connectivity index (χ0) is 17.6. The molecular weight excluding hydrogens is 319 g/mol. The number of fused-ring (bicyclic) bond motifs is 1. The zero-order valence-corrected chi connectivity index (χ0v) is 14.3. The molecule has 2 atom stereocenters. The van der Waals surface area contributed by atoms with Gasteiger partial charge in [0, 0.05) is 12.6 Å². The van der Waals surface area contributed by atoms with Crippen LogP contribution in [0.3, 0.4) is 0 Å². The highest BCUT2D eigenvalue weighted by molar-refractivity contribution is 5.81. The number of carbonyl (C=O) groups excluding carboxylic acids is 1. The molecule has 1 aliphatic rings. The van der Waals surface area contributed by atoms with E-state index in [2.05, 4.69) is 22.8 Å². The highest BCUT2D eigenvalue weighted by atomic mass is 19.1. The van der Waals surface area contributed by atoms with Crippen molar-refractivity contribution in [2.24, 2.45) is 0 Å². The van der Waals surface area contributed by atoms with Crippen molar-refractivity contribution in [3.8, 4) is 5.75 Å². The molecule has 3 rings (SSSR count). The van der Waals surface area contributed by atoms with Crippen LogP contribution in [0, 0.1) is 5.82 Å². The quantitative estimate of drug-likeness (QED) is 0.848. The first-order valence-electron chi connectivity index (χ1n) is 8.69. The lowest BCUT2D eigenvalue weighted by atomic mass is 9.94. The van der Waals surface area contributed by atoms with Crippen molar-refractivity contribution in [2.45, 2.75) is 31.9 Å². The first-order chi connectivity index (χ1) is 12.2. The molecule has 2 unspecified atom stereocenters. The minimum Gasteiger partial charge on any atom is -0.478 e. The van der Waals surface area contributed by atoms with Crippen LogP contribution in [0.1, 0.15) is 30.5 Å². The summed E-state index contributed by atoms with van der Waals surface area (Å²) >= 11 is 0. The van der Waals surface area contributed by atoms with E-state index in [4.69, 9.17) is 4.74 Å². The number of carbonyl (C=O) groups is 1. The molecule has 4 nitrogen and oxygen atoms in total. The second-order valence-corrected chi connectivity index (χ2v) is 6.15. The summed E-state index contributed by atoms with van der Waals surface area (Å²) in [6.45, 7) is 3.21. The Morgan fingerprint density at radius 2 is 2.04 bits per heavy atom. The van der Waals surface area contributed by atoms with Crippen LogP contribution in [0.4, 0.5) is 4.39 Å². The van der Waals surface area contributed by atoms with E-state index in [1.807, 2.05) is 19.1 Å². The Morgan fingerprint density at radius 3 is 2.84 bits per heavy atom. The summed E-state index contributed by atoms with van der Waals surface area (Å²) in [7, 11) is 0. The third-order valence-corrected chi connectivity index (χ3v) is 4.47. The number of benzene rings is 2. The number of amides is 1. The smallest absolute Gasteiger partial charge is 0.261 e. The van der Waals surface area contributed by atoms with Crippen LogP contribution >= 0.6 is 0 Å². The van der Waals surface area contributed by atoms with E-state index in [0.29, 0.717) is 13.0 Å². The average molecular weight is 342 g/mol. The normalized spacial score (nSPS) is 17.4. The van der Waals surface area contributed by atoms with Crippen LogP contribution < -0.4 is 15.4 Å². The van der Waals surface area contributed by atoms with Gasteiger partial charge in [-0.25, -0.2) is 4.39 Å². The van der Waals surface area contributed by atoms with Crippen LogP contribution in [0.25, 0.3) is 0 Å². The highest BCUT2D eigenvalue weighted by Gasteiger charge is 2.23. The van der Waals surface area contributed by atoms with Crippen LogP contribution in [0.15, 0.2) is 48.5 Å². The molecule has 1 aliphatic heterocycles. The number of ether oxygens (including phenoxy) is 1. The first kappa shape index (κ1) is 17.4. The second-order valence-electron chi connectivity index (χ2n) is 6.15. The van der Waals surface area contributed by atoms with Gasteiger partial charge in [-0.2, -0.15) is 0 Å². The lowest BCUT2D eigenvalue weighted by molar-refractivity contribution is -0.128. The molecule has 0 fully saturated rings. The summed E-state index contributed by atoms with van der Waals surface area (Å²) < 4.78 is 19.3. The van der Waals surface area contributed by atoms with E-state index in [1.54, 1.807) is 12.1 Å². The van der Waals surface area contributed by atoms with Gasteiger partial charge in [-0.1, -0.05) is 43.3 Å². The van der Waals surface area contributed by atoms with E-state index in [1.165, 1.54) is 23.3 Å². The Kier molecular flexibility index (Phi) is 5.66. The van der Waals surface area contributed by atoms with Gasteiger partial charge in [-0.15, -0.1) is 0 Å². The molecule has 5 heteroatoms. The van der Waals surface area contributed by atoms with Crippen molar-refractivity contribution >= 4 is 5.91 Å². The second kappa shape index (κ2) is 8.12. The molecule has 0 bridgehead atoms. The maximum atomic E-state index is 13.7. The molecule has 0 saturated carbocycles. The monoisotopic (exact) mass is 342 g/mol. The third-order valence-electron chi connectivity index (χ3n) is 4.47. The Hall–Kier alpha value is -2.40. The summed E-state index contributed by atoms with van der Waals surface area (Å²) in [5.41, 5.74) is 2.53. The van der Waals surface area contributed by atoms with Crippen molar-refractivity contribution in [1.82, 2.24) is 10.6 Å². The molecule has 2 N–H and O–H groups in total. The van der Waals surface area contributed by atoms with Gasteiger partial charge in [-0.05, 0) is 42.6 Å². The Morgan fingerprint density at radius 1 is 1.28 bits per heavy atom. The van der Waals surface area contributed by atoms with Crippen LogP contribution in [0.2, 0.25) is 0 Å². The summed E-state index contributed by atoms with van der Waals surface area (Å²) in [4.78, 5) is 12.5. The molecule has 25 heavy (non-hydrogen) atoms. The van der Waals surface area contributed by atoms with Crippen molar-refractivity contribution < 1.29 is 13.9 Å². The molecular formula is C20H23FN2O2. The molecule has 132 valence electrons. The SMILES string of the molecule is CCC(Oc1ccccc1F)C(=O)NCC1NCCc2ccccc21. The van der Waals surface area contributed by atoms with Gasteiger partial charge in [0.2, 0.25) is 0 Å². The largest absolute Gasteiger partial charge is 0.478 e. The molecule has 1 heterocycles.